The van der Waals surface area contributed by atoms with Gasteiger partial charge in [-0.25, -0.2) is 0 Å². The third-order valence-corrected chi connectivity index (χ3v) is 2.62. The molecule has 0 heterocycles. The van der Waals surface area contributed by atoms with Crippen LogP contribution in [0.4, 0.5) is 22.0 Å². The zero-order valence-electron chi connectivity index (χ0n) is 10.3. The SMILES string of the molecule is CCOC(=O)CCC(=O)CC(O)(C(F)(F)F)C(F)(F)Cl. The summed E-state index contributed by atoms with van der Waals surface area (Å²) in [6.07, 6.45) is -9.11. The number of hydrogen-bond donors (Lipinski definition) is 1. The van der Waals surface area contributed by atoms with Crippen LogP contribution in [0.5, 0.6) is 0 Å². The summed E-state index contributed by atoms with van der Waals surface area (Å²) < 4.78 is 67.1. The summed E-state index contributed by atoms with van der Waals surface area (Å²) in [6, 6.07) is 0. The lowest BCUT2D eigenvalue weighted by Gasteiger charge is -2.32. The lowest BCUT2D eigenvalue weighted by Crippen LogP contribution is -2.57. The van der Waals surface area contributed by atoms with E-state index >= 15 is 0 Å². The standard InChI is InChI=1S/C10H12ClF5O4/c1-2-20-7(18)4-3-6(17)5-8(19,9(11,12)13)10(14,15)16/h19H,2-5H2,1H3. The van der Waals surface area contributed by atoms with Crippen molar-refractivity contribution >= 4 is 23.4 Å². The van der Waals surface area contributed by atoms with Gasteiger partial charge in [0.1, 0.15) is 5.78 Å². The van der Waals surface area contributed by atoms with Gasteiger partial charge in [0.2, 0.25) is 5.60 Å². The van der Waals surface area contributed by atoms with Crippen LogP contribution in [-0.4, -0.2) is 40.6 Å². The predicted octanol–water partition coefficient (Wildman–Crippen LogP) is 2.41. The minimum atomic E-state index is -5.81. The maximum absolute atomic E-state index is 12.7. The Morgan fingerprint density at radius 2 is 1.65 bits per heavy atom. The molecule has 0 saturated carbocycles. The Kier molecular flexibility index (Phi) is 6.34. The molecule has 1 atom stereocenters. The van der Waals surface area contributed by atoms with E-state index in [-0.39, 0.29) is 6.61 Å². The molecule has 0 spiro atoms. The van der Waals surface area contributed by atoms with Crippen molar-refractivity contribution < 1.29 is 41.4 Å². The molecule has 10 heteroatoms. The van der Waals surface area contributed by atoms with Crippen LogP contribution >= 0.6 is 11.6 Å². The van der Waals surface area contributed by atoms with Crippen LogP contribution < -0.4 is 0 Å². The Hall–Kier alpha value is -0.960. The van der Waals surface area contributed by atoms with E-state index in [0.717, 1.165) is 0 Å². The molecule has 0 radical (unpaired) electrons. The highest BCUT2D eigenvalue weighted by atomic mass is 35.5. The smallest absolute Gasteiger partial charge is 0.425 e. The van der Waals surface area contributed by atoms with Gasteiger partial charge < -0.3 is 9.84 Å². The first-order valence-electron chi connectivity index (χ1n) is 5.38. The highest BCUT2D eigenvalue weighted by molar-refractivity contribution is 6.22. The van der Waals surface area contributed by atoms with E-state index in [2.05, 4.69) is 16.3 Å². The predicted molar refractivity (Wildman–Crippen MR) is 57.3 cm³/mol. The zero-order valence-corrected chi connectivity index (χ0v) is 11.0. The van der Waals surface area contributed by atoms with E-state index in [1.807, 2.05) is 0 Å². The van der Waals surface area contributed by atoms with Gasteiger partial charge in [0.25, 0.3) is 0 Å². The summed E-state index contributed by atoms with van der Waals surface area (Å²) in [6.45, 7) is 1.47. The van der Waals surface area contributed by atoms with Crippen LogP contribution in [0.3, 0.4) is 0 Å². The number of esters is 1. The van der Waals surface area contributed by atoms with Crippen molar-refractivity contribution in [3.63, 3.8) is 0 Å². The van der Waals surface area contributed by atoms with Gasteiger partial charge in [0.15, 0.2) is 0 Å². The van der Waals surface area contributed by atoms with Crippen molar-refractivity contribution in [1.82, 2.24) is 0 Å². The highest BCUT2D eigenvalue weighted by Crippen LogP contribution is 2.46. The van der Waals surface area contributed by atoms with Gasteiger partial charge in [-0.1, -0.05) is 0 Å². The molecule has 0 aliphatic heterocycles. The van der Waals surface area contributed by atoms with Crippen molar-refractivity contribution in [2.24, 2.45) is 0 Å². The Morgan fingerprint density at radius 3 is 2.00 bits per heavy atom. The molecular weight excluding hydrogens is 315 g/mol. The van der Waals surface area contributed by atoms with Crippen LogP contribution in [0.1, 0.15) is 26.2 Å². The molecule has 0 fully saturated rings. The highest BCUT2D eigenvalue weighted by Gasteiger charge is 2.69. The summed E-state index contributed by atoms with van der Waals surface area (Å²) in [5.74, 6) is -2.26. The monoisotopic (exact) mass is 326 g/mol. The molecule has 0 bridgehead atoms. The number of ketones is 1. The molecule has 0 aliphatic rings. The molecule has 20 heavy (non-hydrogen) atoms. The summed E-state index contributed by atoms with van der Waals surface area (Å²) in [5, 5.41) is 3.90. The minimum Gasteiger partial charge on any atom is -0.466 e. The molecule has 0 amide bonds. The van der Waals surface area contributed by atoms with Crippen LogP contribution in [0.2, 0.25) is 0 Å². The molecule has 1 N–H and O–H groups in total. The van der Waals surface area contributed by atoms with Crippen LogP contribution in [-0.2, 0) is 14.3 Å². The van der Waals surface area contributed by atoms with Crippen molar-refractivity contribution in [2.45, 2.75) is 43.3 Å². The third kappa shape index (κ3) is 4.86. The second-order valence-corrected chi connectivity index (χ2v) is 4.35. The van der Waals surface area contributed by atoms with E-state index < -0.39 is 48.2 Å². The first-order valence-corrected chi connectivity index (χ1v) is 5.76. The van der Waals surface area contributed by atoms with Gasteiger partial charge in [0, 0.05) is 6.42 Å². The Balaban J connectivity index is 4.79. The summed E-state index contributed by atoms with van der Waals surface area (Å²) in [7, 11) is 0. The van der Waals surface area contributed by atoms with E-state index in [0.29, 0.717) is 0 Å². The average molecular weight is 327 g/mol. The summed E-state index contributed by atoms with van der Waals surface area (Å²) in [4.78, 5) is 22.1. The van der Waals surface area contributed by atoms with Crippen molar-refractivity contribution in [2.75, 3.05) is 6.61 Å². The maximum atomic E-state index is 12.7. The number of alkyl halides is 6. The molecule has 1 unspecified atom stereocenters. The fraction of sp³-hybridized carbons (Fsp3) is 0.800. The molecule has 0 aromatic rings. The summed E-state index contributed by atoms with van der Waals surface area (Å²) in [5.41, 5.74) is -4.69. The van der Waals surface area contributed by atoms with Crippen LogP contribution in [0, 0.1) is 0 Å². The minimum absolute atomic E-state index is 0.000731. The van der Waals surface area contributed by atoms with Gasteiger partial charge in [-0.05, 0) is 18.5 Å². The molecule has 0 rings (SSSR count). The van der Waals surface area contributed by atoms with Crippen molar-refractivity contribution in [3.05, 3.63) is 0 Å². The third-order valence-electron chi connectivity index (χ3n) is 2.30. The van der Waals surface area contributed by atoms with Gasteiger partial charge in [-0.15, -0.1) is 0 Å². The zero-order chi connectivity index (χ0) is 16.2. The Labute approximate surface area is 115 Å². The van der Waals surface area contributed by atoms with Gasteiger partial charge in [0.05, 0.1) is 19.4 Å². The van der Waals surface area contributed by atoms with Gasteiger partial charge >= 0.3 is 17.5 Å². The quantitative estimate of drug-likeness (QED) is 0.443. The second-order valence-electron chi connectivity index (χ2n) is 3.88. The number of Topliss-reactive ketones (excluding diaryl/α,β-unsaturated/α-hetero) is 1. The second kappa shape index (κ2) is 6.66. The number of ether oxygens (including phenoxy) is 1. The van der Waals surface area contributed by atoms with Gasteiger partial charge in [-0.2, -0.15) is 22.0 Å². The van der Waals surface area contributed by atoms with E-state index in [4.69, 9.17) is 5.11 Å². The number of carbonyl (C=O) groups excluding carboxylic acids is 2. The fourth-order valence-electron chi connectivity index (χ4n) is 1.21. The first kappa shape index (κ1) is 19.0. The molecule has 0 saturated heterocycles. The summed E-state index contributed by atoms with van der Waals surface area (Å²) >= 11 is 4.23. The number of rotatable bonds is 7. The topological polar surface area (TPSA) is 63.6 Å². The van der Waals surface area contributed by atoms with Crippen molar-refractivity contribution in [1.29, 1.82) is 0 Å². The average Bonchev–Trinajstić information content (AvgIpc) is 2.23. The van der Waals surface area contributed by atoms with Crippen LogP contribution in [0.15, 0.2) is 0 Å². The number of carbonyl (C=O) groups is 2. The number of hydrogen-bond acceptors (Lipinski definition) is 4. The molecule has 4 nitrogen and oxygen atoms in total. The number of aliphatic hydroxyl groups is 1. The Morgan fingerprint density at radius 1 is 1.15 bits per heavy atom. The molecule has 0 aromatic heterocycles. The lowest BCUT2D eigenvalue weighted by atomic mass is 9.94. The molecule has 118 valence electrons. The maximum Gasteiger partial charge on any atom is 0.425 e. The van der Waals surface area contributed by atoms with E-state index in [9.17, 15) is 31.5 Å². The van der Waals surface area contributed by atoms with Gasteiger partial charge in [-0.3, -0.25) is 9.59 Å². The van der Waals surface area contributed by atoms with Crippen LogP contribution in [0.25, 0.3) is 0 Å². The van der Waals surface area contributed by atoms with E-state index in [1.165, 1.54) is 6.92 Å². The largest absolute Gasteiger partial charge is 0.466 e. The van der Waals surface area contributed by atoms with E-state index in [1.54, 1.807) is 0 Å². The number of halogens is 6. The Bertz CT molecular complexity index is 350. The lowest BCUT2D eigenvalue weighted by molar-refractivity contribution is -0.309. The first-order chi connectivity index (χ1) is 8.85. The normalized spacial score (nSPS) is 15.6. The molecule has 0 aliphatic carbocycles. The molecular formula is C10H12ClF5O4. The van der Waals surface area contributed by atoms with Crippen molar-refractivity contribution in [3.8, 4) is 0 Å². The molecule has 0 aromatic carbocycles. The fourth-order valence-corrected chi connectivity index (χ4v) is 1.38.